The molecule has 0 radical (unpaired) electrons. The Morgan fingerprint density at radius 2 is 1.83 bits per heavy atom. The van der Waals surface area contributed by atoms with Gasteiger partial charge in [-0.15, -0.1) is 0 Å². The van der Waals surface area contributed by atoms with E-state index in [9.17, 15) is 0 Å². The lowest BCUT2D eigenvalue weighted by Crippen LogP contribution is -2.17. The predicted octanol–water partition coefficient (Wildman–Crippen LogP) is 6.64. The van der Waals surface area contributed by atoms with E-state index in [1.54, 1.807) is 12.1 Å². The zero-order chi connectivity index (χ0) is 21.2. The van der Waals surface area contributed by atoms with Crippen molar-refractivity contribution in [3.05, 3.63) is 56.0 Å². The third-order valence-corrected chi connectivity index (χ3v) is 5.34. The van der Waals surface area contributed by atoms with Gasteiger partial charge in [-0.25, -0.2) is 0 Å². The Morgan fingerprint density at radius 3 is 2.52 bits per heavy atom. The maximum atomic E-state index is 6.09. The smallest absolute Gasteiger partial charge is 0.175 e. The molecule has 1 N–H and O–H groups in total. The Morgan fingerprint density at radius 1 is 1.03 bits per heavy atom. The molecule has 0 spiro atoms. The molecule has 0 fully saturated rings. The summed E-state index contributed by atoms with van der Waals surface area (Å²) < 4.78 is 18.2. The van der Waals surface area contributed by atoms with E-state index in [1.807, 2.05) is 39.0 Å². The van der Waals surface area contributed by atoms with Crippen LogP contribution in [0.3, 0.4) is 0 Å². The Labute approximate surface area is 192 Å². The van der Waals surface area contributed by atoms with E-state index in [4.69, 9.17) is 37.4 Å². The highest BCUT2D eigenvalue weighted by atomic mass is 79.9. The molecular weight excluding hydrogens is 477 g/mol. The van der Waals surface area contributed by atoms with E-state index in [0.717, 1.165) is 41.7 Å². The standard InChI is InChI=1S/C22H28BrCl2NO3/c1-4-27-21-12-17(13-26-8-5-9-28-15(2)3)10-18(23)22(21)29-14-16-6-7-19(24)20(25)11-16/h6-7,10-12,15,26H,4-5,8-9,13-14H2,1-3H3. The first-order valence-electron chi connectivity index (χ1n) is 9.75. The van der Waals surface area contributed by atoms with Crippen LogP contribution in [0.4, 0.5) is 0 Å². The molecule has 7 heteroatoms. The first-order valence-corrected chi connectivity index (χ1v) is 11.3. The van der Waals surface area contributed by atoms with Gasteiger partial charge in [-0.3, -0.25) is 0 Å². The number of benzene rings is 2. The molecule has 160 valence electrons. The topological polar surface area (TPSA) is 39.7 Å². The van der Waals surface area contributed by atoms with Gasteiger partial charge in [0.1, 0.15) is 6.61 Å². The molecule has 0 saturated carbocycles. The summed E-state index contributed by atoms with van der Waals surface area (Å²) in [5, 5.41) is 4.47. The lowest BCUT2D eigenvalue weighted by molar-refractivity contribution is 0.0770. The van der Waals surface area contributed by atoms with E-state index in [0.29, 0.717) is 34.8 Å². The molecule has 2 aromatic rings. The number of ether oxygens (including phenoxy) is 3. The SMILES string of the molecule is CCOc1cc(CNCCCOC(C)C)cc(Br)c1OCc1ccc(Cl)c(Cl)c1. The van der Waals surface area contributed by atoms with Gasteiger partial charge < -0.3 is 19.5 Å². The second-order valence-corrected chi connectivity index (χ2v) is 8.49. The molecule has 29 heavy (non-hydrogen) atoms. The van der Waals surface area contributed by atoms with Crippen molar-refractivity contribution in [1.82, 2.24) is 5.32 Å². The largest absolute Gasteiger partial charge is 0.490 e. The van der Waals surface area contributed by atoms with Crippen LogP contribution >= 0.6 is 39.1 Å². The summed E-state index contributed by atoms with van der Waals surface area (Å²) in [6.07, 6.45) is 1.25. The third-order valence-electron chi connectivity index (χ3n) is 4.01. The number of hydrogen-bond acceptors (Lipinski definition) is 4. The molecule has 2 aromatic carbocycles. The zero-order valence-electron chi connectivity index (χ0n) is 17.1. The quantitative estimate of drug-likeness (QED) is 0.329. The van der Waals surface area contributed by atoms with Gasteiger partial charge in [0.15, 0.2) is 11.5 Å². The van der Waals surface area contributed by atoms with Crippen LogP contribution in [0.5, 0.6) is 11.5 Å². The van der Waals surface area contributed by atoms with Crippen molar-refractivity contribution in [3.8, 4) is 11.5 Å². The van der Waals surface area contributed by atoms with Crippen LogP contribution in [0.1, 0.15) is 38.3 Å². The minimum absolute atomic E-state index is 0.274. The molecule has 0 bridgehead atoms. The minimum Gasteiger partial charge on any atom is -0.490 e. The van der Waals surface area contributed by atoms with Crippen molar-refractivity contribution in [3.63, 3.8) is 0 Å². The zero-order valence-corrected chi connectivity index (χ0v) is 20.2. The molecule has 0 atom stereocenters. The molecule has 0 unspecified atom stereocenters. The molecule has 0 aromatic heterocycles. The van der Waals surface area contributed by atoms with Crippen molar-refractivity contribution in [2.45, 2.75) is 46.4 Å². The van der Waals surface area contributed by atoms with Crippen LogP contribution in [0.25, 0.3) is 0 Å². The molecule has 0 aliphatic rings. The van der Waals surface area contributed by atoms with Crippen LogP contribution in [-0.4, -0.2) is 25.9 Å². The molecule has 0 heterocycles. The van der Waals surface area contributed by atoms with Gasteiger partial charge in [0.2, 0.25) is 0 Å². The summed E-state index contributed by atoms with van der Waals surface area (Å²) in [6.45, 7) is 9.37. The van der Waals surface area contributed by atoms with E-state index in [-0.39, 0.29) is 6.10 Å². The van der Waals surface area contributed by atoms with Gasteiger partial charge in [0, 0.05) is 13.2 Å². The molecule has 0 amide bonds. The van der Waals surface area contributed by atoms with Crippen molar-refractivity contribution in [1.29, 1.82) is 0 Å². The van der Waals surface area contributed by atoms with Crippen LogP contribution in [0.2, 0.25) is 10.0 Å². The van der Waals surface area contributed by atoms with Gasteiger partial charge in [0.25, 0.3) is 0 Å². The van der Waals surface area contributed by atoms with Gasteiger partial charge in [-0.2, -0.15) is 0 Å². The molecule has 0 aliphatic carbocycles. The van der Waals surface area contributed by atoms with E-state index in [2.05, 4.69) is 21.2 Å². The fourth-order valence-corrected chi connectivity index (χ4v) is 3.58. The Kier molecular flexibility index (Phi) is 10.6. The van der Waals surface area contributed by atoms with Crippen LogP contribution in [0.15, 0.2) is 34.8 Å². The third kappa shape index (κ3) is 8.35. The highest BCUT2D eigenvalue weighted by Gasteiger charge is 2.13. The molecule has 2 rings (SSSR count). The van der Waals surface area contributed by atoms with E-state index >= 15 is 0 Å². The van der Waals surface area contributed by atoms with Gasteiger partial charge in [0.05, 0.1) is 27.2 Å². The average Bonchev–Trinajstić information content (AvgIpc) is 2.66. The van der Waals surface area contributed by atoms with Crippen molar-refractivity contribution < 1.29 is 14.2 Å². The van der Waals surface area contributed by atoms with Gasteiger partial charge in [-0.05, 0) is 85.1 Å². The molecule has 0 aliphatic heterocycles. The van der Waals surface area contributed by atoms with Crippen molar-refractivity contribution >= 4 is 39.1 Å². The van der Waals surface area contributed by atoms with Gasteiger partial charge in [-0.1, -0.05) is 29.3 Å². The Bertz CT molecular complexity index is 787. The number of hydrogen-bond donors (Lipinski definition) is 1. The first kappa shape index (κ1) is 24.3. The van der Waals surface area contributed by atoms with Crippen molar-refractivity contribution in [2.75, 3.05) is 19.8 Å². The maximum Gasteiger partial charge on any atom is 0.175 e. The van der Waals surface area contributed by atoms with Crippen LogP contribution in [-0.2, 0) is 17.9 Å². The normalized spacial score (nSPS) is 11.1. The summed E-state index contributed by atoms with van der Waals surface area (Å²) in [7, 11) is 0. The number of rotatable bonds is 12. The Balaban J connectivity index is 1.98. The number of halogens is 3. The minimum atomic E-state index is 0.274. The molecule has 0 saturated heterocycles. The van der Waals surface area contributed by atoms with E-state index < -0.39 is 0 Å². The summed E-state index contributed by atoms with van der Waals surface area (Å²) in [5.41, 5.74) is 2.05. The van der Waals surface area contributed by atoms with E-state index in [1.165, 1.54) is 0 Å². The second-order valence-electron chi connectivity index (χ2n) is 6.82. The van der Waals surface area contributed by atoms with Crippen LogP contribution in [0, 0.1) is 0 Å². The highest BCUT2D eigenvalue weighted by molar-refractivity contribution is 9.10. The lowest BCUT2D eigenvalue weighted by atomic mass is 10.2. The lowest BCUT2D eigenvalue weighted by Gasteiger charge is -2.16. The second kappa shape index (κ2) is 12.7. The first-order chi connectivity index (χ1) is 13.9. The van der Waals surface area contributed by atoms with Crippen molar-refractivity contribution in [2.24, 2.45) is 0 Å². The summed E-state index contributed by atoms with van der Waals surface area (Å²) >= 11 is 15.7. The molecule has 4 nitrogen and oxygen atoms in total. The van der Waals surface area contributed by atoms with Crippen LogP contribution < -0.4 is 14.8 Å². The number of nitrogens with one attached hydrogen (secondary N) is 1. The predicted molar refractivity (Wildman–Crippen MR) is 124 cm³/mol. The fourth-order valence-electron chi connectivity index (χ4n) is 2.66. The maximum absolute atomic E-state index is 6.09. The Hall–Kier alpha value is -0.980. The fraction of sp³-hybridized carbons (Fsp3) is 0.455. The van der Waals surface area contributed by atoms with Gasteiger partial charge >= 0.3 is 0 Å². The summed E-state index contributed by atoms with van der Waals surface area (Å²) in [4.78, 5) is 0. The highest BCUT2D eigenvalue weighted by Crippen LogP contribution is 2.37. The summed E-state index contributed by atoms with van der Waals surface area (Å²) in [6, 6.07) is 9.52. The molecular formula is C22H28BrCl2NO3. The monoisotopic (exact) mass is 503 g/mol. The average molecular weight is 505 g/mol. The summed E-state index contributed by atoms with van der Waals surface area (Å²) in [5.74, 6) is 1.38.